The molecule has 5 saturated heterocycles. The highest BCUT2D eigenvalue weighted by Crippen LogP contribution is 2.77. The standard InChI is InChI=1S/C27H47FN9P3/c1-2-32-23-24-37(25-26-11-13-27(28)14-12-26)38(32)29-39(33-15-3-4-16-33,34-17-5-6-18-34)31-40(30-38,35-19-7-8-20-35)36-21-9-10-22-36/h11-14H,2-10,15-25H2,1H3/p+1. The average molecular weight is 611 g/mol. The summed E-state index contributed by atoms with van der Waals surface area (Å²) in [6, 6.07) is 7.18. The molecule has 0 aromatic heterocycles. The first-order valence-electron chi connectivity index (χ1n) is 15.8. The molecule has 6 heterocycles. The molecule has 0 bridgehead atoms. The minimum Gasteiger partial charge on any atom is -0.239 e. The maximum absolute atomic E-state index is 13.9. The molecule has 1 aromatic rings. The lowest BCUT2D eigenvalue weighted by Gasteiger charge is -2.45. The Morgan fingerprint density at radius 1 is 0.650 bits per heavy atom. The lowest BCUT2D eigenvalue weighted by atomic mass is 10.2. The monoisotopic (exact) mass is 610 g/mol. The molecule has 1 spiro atoms. The van der Waals surface area contributed by atoms with E-state index in [1.807, 2.05) is 12.1 Å². The highest BCUT2D eigenvalue weighted by molar-refractivity contribution is 7.78. The summed E-state index contributed by atoms with van der Waals surface area (Å²) in [6.07, 6.45) is 10.1. The second-order valence-corrected chi connectivity index (χ2v) is 21.1. The summed E-state index contributed by atoms with van der Waals surface area (Å²) in [7, 11) is -6.81. The maximum atomic E-state index is 13.9. The Hall–Kier alpha value is -0.400. The summed E-state index contributed by atoms with van der Waals surface area (Å²) in [4.78, 5) is 0. The number of hydrogen-bond acceptors (Lipinski definition) is 8. The van der Waals surface area contributed by atoms with Crippen LogP contribution < -0.4 is 4.52 Å². The summed E-state index contributed by atoms with van der Waals surface area (Å²) in [5.74, 6) is -0.162. The van der Waals surface area contributed by atoms with Crippen LogP contribution in [0.15, 0.2) is 33.3 Å². The molecular formula is C27H48FN9P3+. The number of benzene rings is 1. The third-order valence-corrected chi connectivity index (χ3v) is 22.8. The summed E-state index contributed by atoms with van der Waals surface area (Å²) >= 11 is 0. The van der Waals surface area contributed by atoms with Crippen molar-refractivity contribution in [3.8, 4) is 0 Å². The third-order valence-electron chi connectivity index (χ3n) is 9.68. The second kappa shape index (κ2) is 11.6. The van der Waals surface area contributed by atoms with Crippen molar-refractivity contribution >= 4 is 22.5 Å². The van der Waals surface area contributed by atoms with E-state index in [-0.39, 0.29) is 5.82 Å². The van der Waals surface area contributed by atoms with Gasteiger partial charge in [0.05, 0.1) is 0 Å². The van der Waals surface area contributed by atoms with E-state index < -0.39 is 22.5 Å². The smallest absolute Gasteiger partial charge is 0.239 e. The van der Waals surface area contributed by atoms with E-state index in [1.54, 1.807) is 12.1 Å². The minimum atomic E-state index is -2.31. The fourth-order valence-corrected chi connectivity index (χ4v) is 24.7. The Labute approximate surface area is 240 Å². The first kappa shape index (κ1) is 28.4. The van der Waals surface area contributed by atoms with Crippen LogP contribution >= 0.6 is 22.5 Å². The molecule has 9 nitrogen and oxygen atoms in total. The summed E-state index contributed by atoms with van der Waals surface area (Å²) in [5.41, 5.74) is 1.18. The Kier molecular flexibility index (Phi) is 8.23. The van der Waals surface area contributed by atoms with Crippen LogP contribution in [-0.2, 0) is 6.54 Å². The average Bonchev–Trinajstić information content (AvgIpc) is 3.82. The quantitative estimate of drug-likeness (QED) is 0.425. The number of rotatable bonds is 7. The van der Waals surface area contributed by atoms with E-state index in [0.717, 1.165) is 78.5 Å². The van der Waals surface area contributed by atoms with Crippen molar-refractivity contribution < 1.29 is 8.91 Å². The van der Waals surface area contributed by atoms with Gasteiger partial charge in [-0.15, -0.1) is 9.03 Å². The van der Waals surface area contributed by atoms with Gasteiger partial charge < -0.3 is 0 Å². The number of nitrogens with one attached hydrogen (secondary N) is 1. The van der Waals surface area contributed by atoms with Crippen molar-refractivity contribution in [3.05, 3.63) is 35.6 Å². The Morgan fingerprint density at radius 2 is 1.12 bits per heavy atom. The van der Waals surface area contributed by atoms with Gasteiger partial charge in [-0.25, -0.2) is 27.7 Å². The van der Waals surface area contributed by atoms with Crippen LogP contribution in [0.25, 0.3) is 0 Å². The van der Waals surface area contributed by atoms with Crippen LogP contribution in [0.5, 0.6) is 0 Å². The molecule has 1 unspecified atom stereocenters. The van der Waals surface area contributed by atoms with Crippen LogP contribution in [0.4, 0.5) is 4.39 Å². The molecule has 1 atom stereocenters. The SMILES string of the molecule is CCN1CCN(Cc2ccc(F)cc2)P12=[NH+]P(N1CCCC1)(N1CCCC1)=NP(N1CCCC1)(N1CCCC1)=N2. The minimum absolute atomic E-state index is 0.162. The highest BCUT2D eigenvalue weighted by atomic mass is 31.3. The molecule has 222 valence electrons. The first-order valence-corrected chi connectivity index (χ1v) is 20.7. The van der Waals surface area contributed by atoms with Crippen LogP contribution in [-0.4, -0.2) is 100 Å². The van der Waals surface area contributed by atoms with Crippen LogP contribution in [0.1, 0.15) is 63.9 Å². The molecule has 13 heteroatoms. The molecule has 1 aromatic carbocycles. The summed E-state index contributed by atoms with van der Waals surface area (Å²) < 4.78 is 47.5. The molecule has 6 aliphatic heterocycles. The van der Waals surface area contributed by atoms with Gasteiger partial charge >= 0.3 is 15.0 Å². The van der Waals surface area contributed by atoms with Gasteiger partial charge in [0.1, 0.15) is 5.82 Å². The molecule has 0 aliphatic carbocycles. The number of halogens is 1. The van der Waals surface area contributed by atoms with Gasteiger partial charge in [-0.1, -0.05) is 19.1 Å². The molecule has 40 heavy (non-hydrogen) atoms. The lowest BCUT2D eigenvalue weighted by Crippen LogP contribution is -2.71. The van der Waals surface area contributed by atoms with E-state index in [4.69, 9.17) is 9.03 Å². The molecule has 1 N–H and O–H groups in total. The van der Waals surface area contributed by atoms with Crippen molar-refractivity contribution in [1.29, 1.82) is 0 Å². The van der Waals surface area contributed by atoms with Gasteiger partial charge in [0.25, 0.3) is 0 Å². The Bertz CT molecular complexity index is 1150. The van der Waals surface area contributed by atoms with Gasteiger partial charge in [0, 0.05) is 78.5 Å². The van der Waals surface area contributed by atoms with Crippen molar-refractivity contribution in [2.24, 2.45) is 9.03 Å². The van der Waals surface area contributed by atoms with Crippen LogP contribution in [0, 0.1) is 5.82 Å². The third kappa shape index (κ3) is 4.78. The van der Waals surface area contributed by atoms with Gasteiger partial charge in [0.2, 0.25) is 7.51 Å². The molecule has 0 saturated carbocycles. The molecule has 0 radical (unpaired) electrons. The zero-order chi connectivity index (χ0) is 27.2. The van der Waals surface area contributed by atoms with Crippen molar-refractivity contribution in [2.45, 2.75) is 64.8 Å². The molecule has 6 aliphatic rings. The van der Waals surface area contributed by atoms with Crippen molar-refractivity contribution in [2.75, 3.05) is 72.0 Å². The largest absolute Gasteiger partial charge is 0.361 e. The van der Waals surface area contributed by atoms with Gasteiger partial charge in [-0.3, -0.25) is 0 Å². The molecule has 5 fully saturated rings. The molecule has 7 rings (SSSR count). The fraction of sp³-hybridized carbons (Fsp3) is 0.778. The van der Waals surface area contributed by atoms with E-state index in [2.05, 4.69) is 39.5 Å². The first-order chi connectivity index (χ1) is 19.6. The van der Waals surface area contributed by atoms with Gasteiger partial charge in [-0.2, -0.15) is 9.19 Å². The number of likely N-dealkylation sites (N-methyl/N-ethyl adjacent to an activating group) is 1. The van der Waals surface area contributed by atoms with E-state index in [0.29, 0.717) is 0 Å². The van der Waals surface area contributed by atoms with E-state index in [9.17, 15) is 4.39 Å². The normalized spacial score (nSPS) is 32.1. The maximum Gasteiger partial charge on any atom is 0.361 e. The topological polar surface area (TPSA) is 58.1 Å². The summed E-state index contributed by atoms with van der Waals surface area (Å²) in [5, 5.41) is 0. The van der Waals surface area contributed by atoms with Gasteiger partial charge in [-0.05, 0) is 69.1 Å². The predicted octanol–water partition coefficient (Wildman–Crippen LogP) is 5.28. The zero-order valence-corrected chi connectivity index (χ0v) is 26.9. The number of nitrogens with zero attached hydrogens (tertiary/aromatic N) is 8. The second-order valence-electron chi connectivity index (χ2n) is 12.2. The number of hydrogen-bond donors (Lipinski definition) is 1. The van der Waals surface area contributed by atoms with Crippen molar-refractivity contribution in [1.82, 2.24) is 28.0 Å². The van der Waals surface area contributed by atoms with Gasteiger partial charge in [0.15, 0.2) is 0 Å². The van der Waals surface area contributed by atoms with Crippen LogP contribution in [0.3, 0.4) is 0 Å². The summed E-state index contributed by atoms with van der Waals surface area (Å²) in [6.45, 7) is 15.2. The Morgan fingerprint density at radius 3 is 1.62 bits per heavy atom. The van der Waals surface area contributed by atoms with E-state index in [1.165, 1.54) is 56.9 Å². The molecular weight excluding hydrogens is 562 g/mol. The molecule has 0 amide bonds. The fourth-order valence-electron chi connectivity index (χ4n) is 7.55. The van der Waals surface area contributed by atoms with Crippen molar-refractivity contribution in [3.63, 3.8) is 0 Å². The Balaban J connectivity index is 1.50. The van der Waals surface area contributed by atoms with E-state index >= 15 is 0 Å². The zero-order valence-electron chi connectivity index (χ0n) is 24.2. The van der Waals surface area contributed by atoms with Crippen LogP contribution in [0.2, 0.25) is 0 Å². The predicted molar refractivity (Wildman–Crippen MR) is 164 cm³/mol. The highest BCUT2D eigenvalue weighted by Gasteiger charge is 2.59. The lowest BCUT2D eigenvalue weighted by molar-refractivity contribution is -0.272.